The van der Waals surface area contributed by atoms with E-state index in [0.717, 1.165) is 23.3 Å². The van der Waals surface area contributed by atoms with Crippen molar-refractivity contribution in [2.24, 2.45) is 11.8 Å². The lowest BCUT2D eigenvalue weighted by molar-refractivity contribution is -0.120. The van der Waals surface area contributed by atoms with E-state index in [1.165, 1.54) is 0 Å². The summed E-state index contributed by atoms with van der Waals surface area (Å²) in [5.74, 6) is 0.539. The second-order valence-electron chi connectivity index (χ2n) is 5.96. The van der Waals surface area contributed by atoms with Crippen LogP contribution in [0.2, 0.25) is 0 Å². The number of hydrogen-bond donors (Lipinski definition) is 1. The van der Waals surface area contributed by atoms with Crippen molar-refractivity contribution in [1.82, 2.24) is 4.72 Å². The average Bonchev–Trinajstić information content (AvgIpc) is 3.17. The number of rotatable bonds is 5. The molecule has 21 heavy (non-hydrogen) atoms. The molecule has 2 atom stereocenters. The second-order valence-corrected chi connectivity index (χ2v) is 8.79. The lowest BCUT2D eigenvalue weighted by Crippen LogP contribution is -2.37. The number of thioether (sulfide) groups is 1. The van der Waals surface area contributed by atoms with Gasteiger partial charge in [-0.3, -0.25) is 9.52 Å². The molecule has 1 amide bonds. The van der Waals surface area contributed by atoms with Crippen LogP contribution in [0.15, 0.2) is 29.2 Å². The molecule has 0 bridgehead atoms. The minimum atomic E-state index is -3.53. The highest BCUT2D eigenvalue weighted by molar-refractivity contribution is 7.99. The zero-order valence-electron chi connectivity index (χ0n) is 11.9. The lowest BCUT2D eigenvalue weighted by atomic mass is 10.0. The molecule has 1 fully saturated rings. The van der Waals surface area contributed by atoms with Crippen molar-refractivity contribution in [3.05, 3.63) is 29.8 Å². The summed E-state index contributed by atoms with van der Waals surface area (Å²) in [6.07, 6.45) is 2.22. The molecule has 4 nitrogen and oxygen atoms in total. The number of fused-ring (bicyclic) bond motifs is 1. The number of benzene rings is 1. The zero-order valence-corrected chi connectivity index (χ0v) is 13.5. The number of nitrogens with one attached hydrogen (secondary N) is 1. The molecule has 1 aliphatic carbocycles. The normalized spacial score (nSPS) is 22.6. The summed E-state index contributed by atoms with van der Waals surface area (Å²) >= 11 is 1.60. The van der Waals surface area contributed by atoms with Gasteiger partial charge in [0.25, 0.3) is 0 Å². The molecule has 1 aromatic rings. The molecule has 1 saturated carbocycles. The average molecular weight is 325 g/mol. The van der Waals surface area contributed by atoms with Crippen molar-refractivity contribution in [1.29, 1.82) is 0 Å². The molecule has 0 radical (unpaired) electrons. The number of carbonyl (C=O) groups excluding carboxylic acids is 1. The van der Waals surface area contributed by atoms with Crippen LogP contribution in [0.1, 0.15) is 31.2 Å². The third-order valence-electron chi connectivity index (χ3n) is 4.18. The molecule has 1 aromatic carbocycles. The van der Waals surface area contributed by atoms with Gasteiger partial charge >= 0.3 is 0 Å². The van der Waals surface area contributed by atoms with E-state index in [-0.39, 0.29) is 17.6 Å². The number of amides is 1. The predicted molar refractivity (Wildman–Crippen MR) is 83.7 cm³/mol. The Labute approximate surface area is 129 Å². The van der Waals surface area contributed by atoms with Crippen molar-refractivity contribution < 1.29 is 13.2 Å². The first-order valence-corrected chi connectivity index (χ1v) is 9.86. The topological polar surface area (TPSA) is 63.2 Å². The van der Waals surface area contributed by atoms with E-state index >= 15 is 0 Å². The summed E-state index contributed by atoms with van der Waals surface area (Å²) < 4.78 is 26.5. The lowest BCUT2D eigenvalue weighted by Gasteiger charge is -2.14. The van der Waals surface area contributed by atoms with Crippen LogP contribution < -0.4 is 4.72 Å². The van der Waals surface area contributed by atoms with Gasteiger partial charge in [0, 0.05) is 10.6 Å². The highest BCUT2D eigenvalue weighted by atomic mass is 32.2. The molecule has 1 aliphatic heterocycles. The van der Waals surface area contributed by atoms with Crippen molar-refractivity contribution >= 4 is 27.7 Å². The molecule has 2 aliphatic rings. The molecule has 0 spiro atoms. The van der Waals surface area contributed by atoms with Crippen molar-refractivity contribution in [3.63, 3.8) is 0 Å². The number of hydrogen-bond acceptors (Lipinski definition) is 4. The largest absolute Gasteiger partial charge is 0.273 e. The van der Waals surface area contributed by atoms with Crippen LogP contribution in [-0.4, -0.2) is 25.8 Å². The molecule has 0 saturated heterocycles. The van der Waals surface area contributed by atoms with E-state index in [2.05, 4.69) is 4.72 Å². The molecular formula is C15H19NO3S2. The minimum Gasteiger partial charge on any atom is -0.273 e. The first kappa shape index (κ1) is 14.9. The van der Waals surface area contributed by atoms with E-state index in [9.17, 15) is 13.2 Å². The monoisotopic (exact) mass is 325 g/mol. The molecule has 3 rings (SSSR count). The molecule has 2 unspecified atom stereocenters. The van der Waals surface area contributed by atoms with Crippen LogP contribution in [0.5, 0.6) is 0 Å². The summed E-state index contributed by atoms with van der Waals surface area (Å²) in [6, 6.07) is 7.69. The maximum absolute atomic E-state index is 12.3. The quantitative estimate of drug-likeness (QED) is 0.903. The van der Waals surface area contributed by atoms with Crippen LogP contribution in [0.25, 0.3) is 0 Å². The second kappa shape index (κ2) is 5.65. The fourth-order valence-electron chi connectivity index (χ4n) is 2.79. The van der Waals surface area contributed by atoms with E-state index in [4.69, 9.17) is 0 Å². The minimum absolute atomic E-state index is 0.0465. The van der Waals surface area contributed by atoms with Gasteiger partial charge in [-0.15, -0.1) is 11.8 Å². The van der Waals surface area contributed by atoms with Gasteiger partial charge in [0.05, 0.1) is 11.7 Å². The first-order chi connectivity index (χ1) is 9.96. The van der Waals surface area contributed by atoms with Crippen molar-refractivity contribution in [2.45, 2.75) is 30.6 Å². The maximum Gasteiger partial charge on any atom is 0.241 e. The van der Waals surface area contributed by atoms with E-state index in [0.29, 0.717) is 11.7 Å². The Morgan fingerprint density at radius 1 is 1.38 bits per heavy atom. The number of carbonyl (C=O) groups is 1. The molecule has 1 N–H and O–H groups in total. The first-order valence-electron chi connectivity index (χ1n) is 7.22. The van der Waals surface area contributed by atoms with Crippen LogP contribution in [0, 0.1) is 11.8 Å². The summed E-state index contributed by atoms with van der Waals surface area (Å²) in [6.45, 7) is 1.95. The molecule has 0 aromatic heterocycles. The smallest absolute Gasteiger partial charge is 0.241 e. The summed E-state index contributed by atoms with van der Waals surface area (Å²) in [4.78, 5) is 13.4. The van der Waals surface area contributed by atoms with Gasteiger partial charge in [-0.05, 0) is 36.3 Å². The molecular weight excluding hydrogens is 306 g/mol. The van der Waals surface area contributed by atoms with Crippen LogP contribution >= 0.6 is 11.8 Å². The third kappa shape index (κ3) is 3.43. The SMILES string of the molecule is CC(CS(=O)(=O)NC(=O)C1CSc2ccccc21)C1CC1. The third-order valence-corrected chi connectivity index (χ3v) is 6.84. The fourth-order valence-corrected chi connectivity index (χ4v) is 5.52. The van der Waals surface area contributed by atoms with Gasteiger partial charge in [-0.1, -0.05) is 25.1 Å². The summed E-state index contributed by atoms with van der Waals surface area (Å²) in [7, 11) is -3.53. The van der Waals surface area contributed by atoms with Gasteiger partial charge in [0.15, 0.2) is 0 Å². The van der Waals surface area contributed by atoms with Gasteiger partial charge in [0.2, 0.25) is 15.9 Å². The maximum atomic E-state index is 12.3. The Morgan fingerprint density at radius 3 is 2.81 bits per heavy atom. The molecule has 114 valence electrons. The summed E-state index contributed by atoms with van der Waals surface area (Å²) in [5.41, 5.74) is 0.936. The van der Waals surface area contributed by atoms with Crippen LogP contribution in [0.3, 0.4) is 0 Å². The van der Waals surface area contributed by atoms with E-state index < -0.39 is 15.9 Å². The van der Waals surface area contributed by atoms with E-state index in [1.807, 2.05) is 31.2 Å². The summed E-state index contributed by atoms with van der Waals surface area (Å²) in [5, 5.41) is 0. The highest BCUT2D eigenvalue weighted by Gasteiger charge is 2.34. The standard InChI is InChI=1S/C15H19NO3S2/c1-10(11-6-7-11)9-21(18,19)16-15(17)13-8-20-14-5-3-2-4-12(13)14/h2-5,10-11,13H,6-9H2,1H3,(H,16,17). The van der Waals surface area contributed by atoms with Gasteiger partial charge in [-0.25, -0.2) is 8.42 Å². The molecule has 6 heteroatoms. The Hall–Kier alpha value is -1.01. The van der Waals surface area contributed by atoms with E-state index in [1.54, 1.807) is 11.8 Å². The Balaban J connectivity index is 1.66. The molecule has 1 heterocycles. The van der Waals surface area contributed by atoms with Crippen LogP contribution in [-0.2, 0) is 14.8 Å². The van der Waals surface area contributed by atoms with Crippen molar-refractivity contribution in [2.75, 3.05) is 11.5 Å². The number of sulfonamides is 1. The highest BCUT2D eigenvalue weighted by Crippen LogP contribution is 2.40. The Morgan fingerprint density at radius 2 is 2.10 bits per heavy atom. The van der Waals surface area contributed by atoms with Crippen LogP contribution in [0.4, 0.5) is 0 Å². The predicted octanol–water partition coefficient (Wildman–Crippen LogP) is 2.37. The van der Waals surface area contributed by atoms with Gasteiger partial charge in [0.1, 0.15) is 0 Å². The van der Waals surface area contributed by atoms with Gasteiger partial charge < -0.3 is 0 Å². The Bertz CT molecular complexity index is 653. The van der Waals surface area contributed by atoms with Crippen molar-refractivity contribution in [3.8, 4) is 0 Å². The fraction of sp³-hybridized carbons (Fsp3) is 0.533. The Kier molecular flexibility index (Phi) is 4.01. The zero-order chi connectivity index (χ0) is 15.0. The van der Waals surface area contributed by atoms with Gasteiger partial charge in [-0.2, -0.15) is 0 Å².